The Labute approximate surface area is 394 Å². The molecular weight excluding hydrogens is 843 g/mol. The van der Waals surface area contributed by atoms with E-state index in [1.807, 2.05) is 0 Å². The molecule has 6 heteroatoms. The number of hydrogen-bond donors (Lipinski definition) is 0. The number of fused-ring (bicyclic) bond motifs is 13. The number of nitrogens with zero attached hydrogens (tertiary/aromatic N) is 5. The fourth-order valence-electron chi connectivity index (χ4n) is 10.9. The molecule has 0 aliphatic rings. The lowest BCUT2D eigenvalue weighted by Crippen LogP contribution is -2.02. The summed E-state index contributed by atoms with van der Waals surface area (Å²) in [5.74, 6) is 1.68. The van der Waals surface area contributed by atoms with Crippen LogP contribution in [0.1, 0.15) is 0 Å². The minimum atomic E-state index is 0.528. The van der Waals surface area contributed by atoms with Gasteiger partial charge in [0.05, 0.1) is 38.7 Å². The van der Waals surface area contributed by atoms with E-state index in [1.165, 1.54) is 26.9 Å². The van der Waals surface area contributed by atoms with Gasteiger partial charge in [-0.15, -0.1) is 0 Å². The Balaban J connectivity index is 1.03. The van der Waals surface area contributed by atoms with Gasteiger partial charge in [0.25, 0.3) is 0 Å². The second-order valence-electron chi connectivity index (χ2n) is 18.0. The maximum absolute atomic E-state index is 7.27. The Bertz CT molecular complexity index is 4620. The lowest BCUT2D eigenvalue weighted by Gasteiger charge is -2.13. The molecule has 4 heterocycles. The highest BCUT2D eigenvalue weighted by Gasteiger charge is 2.25. The summed E-state index contributed by atoms with van der Waals surface area (Å²) < 4.78 is 12.0. The molecule has 15 rings (SSSR count). The van der Waals surface area contributed by atoms with Gasteiger partial charge in [0.15, 0.2) is 17.5 Å². The van der Waals surface area contributed by atoms with E-state index in [2.05, 4.69) is 234 Å². The van der Waals surface area contributed by atoms with Gasteiger partial charge in [-0.3, -0.25) is 0 Å². The Hall–Kier alpha value is -9.39. The first kappa shape index (κ1) is 37.8. The summed E-state index contributed by atoms with van der Waals surface area (Å²) in [6.07, 6.45) is 0. The Morgan fingerprint density at radius 2 is 0.841 bits per heavy atom. The maximum atomic E-state index is 7.27. The summed E-state index contributed by atoms with van der Waals surface area (Å²) in [5.41, 5.74) is 10.7. The molecule has 4 aromatic heterocycles. The highest BCUT2D eigenvalue weighted by atomic mass is 16.3. The van der Waals surface area contributed by atoms with Gasteiger partial charge in [-0.1, -0.05) is 158 Å². The predicted octanol–water partition coefficient (Wildman–Crippen LogP) is 16.4. The second kappa shape index (κ2) is 14.6. The summed E-state index contributed by atoms with van der Waals surface area (Å²) in [6, 6.07) is 79.7. The molecule has 0 saturated carbocycles. The molecule has 6 nitrogen and oxygen atoms in total. The van der Waals surface area contributed by atoms with Crippen molar-refractivity contribution in [1.82, 2.24) is 24.1 Å². The van der Waals surface area contributed by atoms with Crippen molar-refractivity contribution in [2.75, 3.05) is 0 Å². The van der Waals surface area contributed by atoms with E-state index in [0.29, 0.717) is 23.1 Å². The van der Waals surface area contributed by atoms with Crippen LogP contribution in [-0.2, 0) is 0 Å². The standard InChI is InChI=1S/C63H37N5O/c1-2-19-45(20-3-1)67-53-24-12-10-22-47(53)49-30-29-44(37-56(49)67)62-64-61(43-27-26-38-14-4-5-16-40(38)34-43)65-63(66-62)51-32-33-55(58-50-31-28-39-15-8-9-21-46(39)59(50)69-60(51)58)68-54-25-13-11-23-48(54)52-35-41-17-6-7-18-42(41)36-57(52)68/h1-37H. The SMILES string of the molecule is c1ccc(-n2c3ccccc3c3ccc(-c4nc(-c5ccc6ccccc6c5)nc(-c5ccc(-n6c7ccccc7c7cc8ccccc8cc76)c6c5oc5c7ccccc7ccc56)n4)cc32)cc1. The molecule has 0 radical (unpaired) electrons. The van der Waals surface area contributed by atoms with Crippen LogP contribution in [0.2, 0.25) is 0 Å². The number of aromatic nitrogens is 5. The zero-order chi connectivity index (χ0) is 45.2. The average Bonchev–Trinajstić information content (AvgIpc) is 4.08. The molecule has 11 aromatic carbocycles. The summed E-state index contributed by atoms with van der Waals surface area (Å²) in [4.78, 5) is 16.1. The summed E-state index contributed by atoms with van der Waals surface area (Å²) in [5, 5.41) is 13.6. The highest BCUT2D eigenvalue weighted by molar-refractivity contribution is 6.22. The van der Waals surface area contributed by atoms with Crippen molar-refractivity contribution in [2.24, 2.45) is 0 Å². The van der Waals surface area contributed by atoms with Crippen LogP contribution >= 0.6 is 0 Å². The molecule has 0 spiro atoms. The van der Waals surface area contributed by atoms with Crippen LogP contribution in [-0.4, -0.2) is 24.1 Å². The first-order valence-electron chi connectivity index (χ1n) is 23.3. The first-order chi connectivity index (χ1) is 34.2. The molecule has 15 aromatic rings. The van der Waals surface area contributed by atoms with Crippen molar-refractivity contribution in [3.63, 3.8) is 0 Å². The van der Waals surface area contributed by atoms with E-state index in [0.717, 1.165) is 93.4 Å². The summed E-state index contributed by atoms with van der Waals surface area (Å²) in [7, 11) is 0. The van der Waals surface area contributed by atoms with Crippen molar-refractivity contribution < 1.29 is 4.42 Å². The van der Waals surface area contributed by atoms with E-state index in [-0.39, 0.29) is 0 Å². The quantitative estimate of drug-likeness (QED) is 0.173. The van der Waals surface area contributed by atoms with E-state index in [9.17, 15) is 0 Å². The van der Waals surface area contributed by atoms with Crippen LogP contribution in [0.3, 0.4) is 0 Å². The third-order valence-corrected chi connectivity index (χ3v) is 14.1. The molecule has 0 bridgehead atoms. The third-order valence-electron chi connectivity index (χ3n) is 14.1. The Morgan fingerprint density at radius 3 is 1.62 bits per heavy atom. The second-order valence-corrected chi connectivity index (χ2v) is 18.0. The molecule has 0 N–H and O–H groups in total. The zero-order valence-electron chi connectivity index (χ0n) is 37.0. The van der Waals surface area contributed by atoms with Crippen LogP contribution < -0.4 is 0 Å². The molecule has 0 aliphatic carbocycles. The highest BCUT2D eigenvalue weighted by Crippen LogP contribution is 2.45. The van der Waals surface area contributed by atoms with Crippen LogP contribution in [0.15, 0.2) is 229 Å². The van der Waals surface area contributed by atoms with E-state index in [1.54, 1.807) is 0 Å². The monoisotopic (exact) mass is 879 g/mol. The fourth-order valence-corrected chi connectivity index (χ4v) is 10.9. The molecular formula is C63H37N5O. The zero-order valence-corrected chi connectivity index (χ0v) is 37.0. The van der Waals surface area contributed by atoms with E-state index < -0.39 is 0 Å². The lowest BCUT2D eigenvalue weighted by molar-refractivity contribution is 0.673. The van der Waals surface area contributed by atoms with Gasteiger partial charge < -0.3 is 13.6 Å². The topological polar surface area (TPSA) is 61.7 Å². The van der Waals surface area contributed by atoms with Gasteiger partial charge >= 0.3 is 0 Å². The van der Waals surface area contributed by atoms with Gasteiger partial charge in [0, 0.05) is 49.1 Å². The molecule has 0 amide bonds. The van der Waals surface area contributed by atoms with Crippen LogP contribution in [0.4, 0.5) is 0 Å². The molecule has 320 valence electrons. The molecule has 0 unspecified atom stereocenters. The molecule has 0 saturated heterocycles. The molecule has 0 atom stereocenters. The molecule has 0 aliphatic heterocycles. The lowest BCUT2D eigenvalue weighted by atomic mass is 10.0. The number of furan rings is 1. The number of rotatable bonds is 5. The first-order valence-corrected chi connectivity index (χ1v) is 23.3. The van der Waals surface area contributed by atoms with Crippen molar-refractivity contribution in [1.29, 1.82) is 0 Å². The van der Waals surface area contributed by atoms with Gasteiger partial charge in [-0.25, -0.2) is 15.0 Å². The van der Waals surface area contributed by atoms with Crippen molar-refractivity contribution in [3.8, 4) is 45.5 Å². The third kappa shape index (κ3) is 5.69. The van der Waals surface area contributed by atoms with E-state index in [4.69, 9.17) is 19.4 Å². The molecule has 0 fully saturated rings. The predicted molar refractivity (Wildman–Crippen MR) is 285 cm³/mol. The van der Waals surface area contributed by atoms with E-state index >= 15 is 0 Å². The van der Waals surface area contributed by atoms with Gasteiger partial charge in [-0.2, -0.15) is 0 Å². The summed E-state index contributed by atoms with van der Waals surface area (Å²) in [6.45, 7) is 0. The van der Waals surface area contributed by atoms with Crippen molar-refractivity contribution in [2.45, 2.75) is 0 Å². The van der Waals surface area contributed by atoms with Crippen molar-refractivity contribution in [3.05, 3.63) is 224 Å². The van der Waals surface area contributed by atoms with Gasteiger partial charge in [-0.05, 0) is 93.7 Å². The van der Waals surface area contributed by atoms with Crippen LogP contribution in [0.5, 0.6) is 0 Å². The smallest absolute Gasteiger partial charge is 0.167 e. The Morgan fingerprint density at radius 1 is 0.304 bits per heavy atom. The number of benzene rings is 11. The fraction of sp³-hybridized carbons (Fsp3) is 0. The van der Waals surface area contributed by atoms with Crippen LogP contribution in [0.25, 0.3) is 143 Å². The van der Waals surface area contributed by atoms with Crippen LogP contribution in [0, 0.1) is 0 Å². The number of hydrogen-bond acceptors (Lipinski definition) is 4. The molecule has 69 heavy (non-hydrogen) atoms. The Kier molecular flexibility index (Phi) is 7.97. The normalized spacial score (nSPS) is 12.1. The minimum absolute atomic E-state index is 0.528. The average molecular weight is 880 g/mol. The van der Waals surface area contributed by atoms with Gasteiger partial charge in [0.1, 0.15) is 11.2 Å². The maximum Gasteiger partial charge on any atom is 0.167 e. The van der Waals surface area contributed by atoms with Crippen molar-refractivity contribution >= 4 is 97.9 Å². The largest absolute Gasteiger partial charge is 0.455 e. The van der Waals surface area contributed by atoms with Gasteiger partial charge in [0.2, 0.25) is 0 Å². The summed E-state index contributed by atoms with van der Waals surface area (Å²) >= 11 is 0. The number of para-hydroxylation sites is 3. The minimum Gasteiger partial charge on any atom is -0.455 e.